The van der Waals surface area contributed by atoms with Crippen molar-refractivity contribution in [2.24, 2.45) is 11.8 Å². The van der Waals surface area contributed by atoms with Gasteiger partial charge in [-0.2, -0.15) is 0 Å². The van der Waals surface area contributed by atoms with E-state index < -0.39 is 11.5 Å². The molecule has 1 fully saturated rings. The van der Waals surface area contributed by atoms with Crippen LogP contribution >= 0.6 is 11.6 Å². The largest absolute Gasteiger partial charge is 0.396 e. The molecule has 2 unspecified atom stereocenters. The van der Waals surface area contributed by atoms with Gasteiger partial charge in [0.15, 0.2) is 0 Å². The Morgan fingerprint density at radius 2 is 2.29 bits per heavy atom. The van der Waals surface area contributed by atoms with Crippen LogP contribution in [0.15, 0.2) is 0 Å². The lowest BCUT2D eigenvalue weighted by Crippen LogP contribution is -2.34. The van der Waals surface area contributed by atoms with Gasteiger partial charge in [0.05, 0.1) is 0 Å². The Morgan fingerprint density at radius 1 is 1.64 bits per heavy atom. The Morgan fingerprint density at radius 3 is 2.71 bits per heavy atom. The quantitative estimate of drug-likeness (QED) is 0.662. The number of hydrogen-bond acceptors (Lipinski definition) is 2. The molecule has 0 aromatic heterocycles. The molecule has 1 amide bonds. The van der Waals surface area contributed by atoms with Crippen LogP contribution in [0.1, 0.15) is 19.3 Å². The molecule has 0 aliphatic heterocycles. The van der Waals surface area contributed by atoms with Gasteiger partial charge < -0.3 is 10.4 Å². The molecule has 5 heteroatoms. The Balaban J connectivity index is 2.15. The first kappa shape index (κ1) is 11.7. The van der Waals surface area contributed by atoms with Crippen molar-refractivity contribution in [2.45, 2.75) is 24.9 Å². The number of hydrogen-bond donors (Lipinski definition) is 2. The number of carbonyl (C=O) groups excluding carboxylic acids is 1. The molecule has 2 N–H and O–H groups in total. The van der Waals surface area contributed by atoms with E-state index in [9.17, 15) is 9.18 Å². The lowest BCUT2D eigenvalue weighted by atomic mass is 10.0. The molecule has 0 radical (unpaired) electrons. The number of nitrogens with one attached hydrogen (secondary N) is 1. The summed E-state index contributed by atoms with van der Waals surface area (Å²) in [6.07, 6.45) is 3.30. The first-order valence-corrected chi connectivity index (χ1v) is 5.23. The number of aliphatic hydroxyl groups is 1. The van der Waals surface area contributed by atoms with E-state index >= 15 is 0 Å². The van der Waals surface area contributed by atoms with Crippen molar-refractivity contribution in [1.29, 1.82) is 0 Å². The molecule has 1 rings (SSSR count). The van der Waals surface area contributed by atoms with E-state index in [1.54, 1.807) is 0 Å². The van der Waals surface area contributed by atoms with Gasteiger partial charge in [-0.3, -0.25) is 4.79 Å². The fourth-order valence-electron chi connectivity index (χ4n) is 1.37. The van der Waals surface area contributed by atoms with Gasteiger partial charge in [-0.15, -0.1) is 0 Å². The summed E-state index contributed by atoms with van der Waals surface area (Å²) in [5.74, 6) is -0.107. The van der Waals surface area contributed by atoms with Crippen LogP contribution < -0.4 is 5.32 Å². The van der Waals surface area contributed by atoms with Crippen molar-refractivity contribution < 1.29 is 14.3 Å². The van der Waals surface area contributed by atoms with E-state index in [4.69, 9.17) is 16.7 Å². The van der Waals surface area contributed by atoms with Crippen molar-refractivity contribution >= 4 is 17.5 Å². The standard InChI is InChI=1S/C9H15ClFNO2/c10-8(11)9(14)12-4-7(5-13)3-6-1-2-6/h6-8,13H,1-5H2,(H,12,14). The van der Waals surface area contributed by atoms with Crippen molar-refractivity contribution in [1.82, 2.24) is 5.32 Å². The van der Waals surface area contributed by atoms with Gasteiger partial charge in [-0.25, -0.2) is 4.39 Å². The van der Waals surface area contributed by atoms with E-state index in [1.165, 1.54) is 12.8 Å². The molecule has 14 heavy (non-hydrogen) atoms. The SMILES string of the molecule is O=C(NCC(CO)CC1CC1)C(F)Cl. The van der Waals surface area contributed by atoms with Crippen LogP contribution in [-0.4, -0.2) is 29.8 Å². The number of halogens is 2. The van der Waals surface area contributed by atoms with Gasteiger partial charge in [-0.05, 0) is 18.3 Å². The van der Waals surface area contributed by atoms with Crippen molar-refractivity contribution in [3.63, 3.8) is 0 Å². The van der Waals surface area contributed by atoms with Crippen LogP contribution in [0.3, 0.4) is 0 Å². The molecular weight excluding hydrogens is 209 g/mol. The van der Waals surface area contributed by atoms with E-state index in [-0.39, 0.29) is 12.5 Å². The average Bonchev–Trinajstić information content (AvgIpc) is 2.95. The minimum absolute atomic E-state index is 0.0238. The molecule has 0 saturated heterocycles. The first-order chi connectivity index (χ1) is 6.63. The van der Waals surface area contributed by atoms with Crippen molar-refractivity contribution in [3.05, 3.63) is 0 Å². The average molecular weight is 224 g/mol. The van der Waals surface area contributed by atoms with E-state index in [0.717, 1.165) is 6.42 Å². The first-order valence-electron chi connectivity index (χ1n) is 4.80. The van der Waals surface area contributed by atoms with Gasteiger partial charge in [0, 0.05) is 13.2 Å². The summed E-state index contributed by atoms with van der Waals surface area (Å²) in [6.45, 7) is 0.328. The molecule has 0 spiro atoms. The normalized spacial score (nSPS) is 20.2. The lowest BCUT2D eigenvalue weighted by molar-refractivity contribution is -0.123. The minimum Gasteiger partial charge on any atom is -0.396 e. The number of carbonyl (C=O) groups is 1. The highest BCUT2D eigenvalue weighted by Crippen LogP contribution is 2.34. The molecular formula is C9H15ClFNO2. The molecule has 3 nitrogen and oxygen atoms in total. The van der Waals surface area contributed by atoms with Gasteiger partial charge in [0.2, 0.25) is 0 Å². The second kappa shape index (κ2) is 5.51. The molecule has 1 saturated carbocycles. The molecule has 1 aliphatic carbocycles. The van der Waals surface area contributed by atoms with E-state index in [1.807, 2.05) is 0 Å². The van der Waals surface area contributed by atoms with Crippen molar-refractivity contribution in [3.8, 4) is 0 Å². The molecule has 2 atom stereocenters. The molecule has 0 heterocycles. The van der Waals surface area contributed by atoms with Crippen molar-refractivity contribution in [2.75, 3.05) is 13.2 Å². The second-order valence-electron chi connectivity index (χ2n) is 3.77. The van der Waals surface area contributed by atoms with Gasteiger partial charge >= 0.3 is 0 Å². The summed E-state index contributed by atoms with van der Waals surface area (Å²) in [5, 5.41) is 11.3. The van der Waals surface area contributed by atoms with Crippen LogP contribution in [0, 0.1) is 11.8 Å². The van der Waals surface area contributed by atoms with Crippen LogP contribution in [0.2, 0.25) is 0 Å². The fourth-order valence-corrected chi connectivity index (χ4v) is 1.45. The predicted octanol–water partition coefficient (Wildman–Crippen LogP) is 1.05. The molecule has 0 aromatic carbocycles. The summed E-state index contributed by atoms with van der Waals surface area (Å²) in [5.41, 5.74) is -1.99. The smallest absolute Gasteiger partial charge is 0.270 e. The zero-order valence-electron chi connectivity index (χ0n) is 7.88. The summed E-state index contributed by atoms with van der Waals surface area (Å²) in [6, 6.07) is 0. The third kappa shape index (κ3) is 4.24. The maximum absolute atomic E-state index is 12.2. The third-order valence-electron chi connectivity index (χ3n) is 2.38. The summed E-state index contributed by atoms with van der Waals surface area (Å²) >= 11 is 4.93. The van der Waals surface area contributed by atoms with Crippen LogP contribution in [0.5, 0.6) is 0 Å². The van der Waals surface area contributed by atoms with Gasteiger partial charge in [0.1, 0.15) is 0 Å². The molecule has 82 valence electrons. The summed E-state index contributed by atoms with van der Waals surface area (Å²) in [4.78, 5) is 10.8. The number of rotatable bonds is 6. The zero-order chi connectivity index (χ0) is 10.6. The molecule has 1 aliphatic rings. The summed E-state index contributed by atoms with van der Waals surface area (Å²) < 4.78 is 12.2. The van der Waals surface area contributed by atoms with Crippen LogP contribution in [0.25, 0.3) is 0 Å². The highest BCUT2D eigenvalue weighted by atomic mass is 35.5. The second-order valence-corrected chi connectivity index (χ2v) is 4.16. The highest BCUT2D eigenvalue weighted by Gasteiger charge is 2.25. The van der Waals surface area contributed by atoms with E-state index in [2.05, 4.69) is 5.32 Å². The minimum atomic E-state index is -1.99. The van der Waals surface area contributed by atoms with Crippen LogP contribution in [0.4, 0.5) is 4.39 Å². The topological polar surface area (TPSA) is 49.3 Å². The zero-order valence-corrected chi connectivity index (χ0v) is 8.63. The maximum Gasteiger partial charge on any atom is 0.270 e. The third-order valence-corrected chi connectivity index (χ3v) is 2.58. The summed E-state index contributed by atoms with van der Waals surface area (Å²) in [7, 11) is 0. The molecule has 0 bridgehead atoms. The van der Waals surface area contributed by atoms with Crippen LogP contribution in [-0.2, 0) is 4.79 Å². The highest BCUT2D eigenvalue weighted by molar-refractivity contribution is 6.29. The Labute approximate surface area is 87.6 Å². The Hall–Kier alpha value is -0.350. The Kier molecular flexibility index (Phi) is 4.62. The Bertz CT molecular complexity index is 197. The number of aliphatic hydroxyl groups excluding tert-OH is 1. The maximum atomic E-state index is 12.2. The fraction of sp³-hybridized carbons (Fsp3) is 0.889. The predicted molar refractivity (Wildman–Crippen MR) is 51.7 cm³/mol. The van der Waals surface area contributed by atoms with E-state index in [0.29, 0.717) is 12.5 Å². The lowest BCUT2D eigenvalue weighted by Gasteiger charge is -2.14. The molecule has 0 aromatic rings. The monoisotopic (exact) mass is 223 g/mol. The number of amides is 1. The van der Waals surface area contributed by atoms with Gasteiger partial charge in [-0.1, -0.05) is 24.4 Å². The van der Waals surface area contributed by atoms with Gasteiger partial charge in [0.25, 0.3) is 11.5 Å². The number of alkyl halides is 2.